The zero-order valence-corrected chi connectivity index (χ0v) is 14.8. The number of hydrogen-bond donors (Lipinski definition) is 2. The van der Waals surface area contributed by atoms with Gasteiger partial charge in [0.15, 0.2) is 0 Å². The number of nitrogens with zero attached hydrogens (tertiary/aromatic N) is 3. The van der Waals surface area contributed by atoms with Crippen LogP contribution < -0.4 is 10.6 Å². The Bertz CT molecular complexity index is 572. The van der Waals surface area contributed by atoms with Gasteiger partial charge in [0.25, 0.3) is 5.91 Å². The minimum absolute atomic E-state index is 0.308. The maximum Gasteiger partial charge on any atom is 0.433 e. The number of oxime groups is 1. The van der Waals surface area contributed by atoms with E-state index < -0.39 is 29.3 Å². The standard InChI is InChI=1S/C15H23N5O5/c1-15(2,3)25-14(23)18-9-7-5-6-8-17-13(22)19-12(21)11(10-16)20-24-4/h9H,5-8H2,1-4H3,(H2,17,19,21,22)/b18-9+,20-11+. The average Bonchev–Trinajstić information content (AvgIpc) is 2.49. The molecule has 0 rings (SSSR count). The van der Waals surface area contributed by atoms with Gasteiger partial charge in [-0.1, -0.05) is 5.16 Å². The number of urea groups is 1. The average molecular weight is 353 g/mol. The molecule has 0 saturated carbocycles. The molecular formula is C15H23N5O5. The number of nitriles is 1. The molecule has 2 N–H and O–H groups in total. The summed E-state index contributed by atoms with van der Waals surface area (Å²) in [5.41, 5.74) is -1.14. The highest BCUT2D eigenvalue weighted by Crippen LogP contribution is 2.07. The van der Waals surface area contributed by atoms with Crippen LogP contribution in [-0.2, 0) is 14.4 Å². The highest BCUT2D eigenvalue weighted by molar-refractivity contribution is 6.46. The number of imide groups is 1. The fourth-order valence-corrected chi connectivity index (χ4v) is 1.40. The summed E-state index contributed by atoms with van der Waals surface area (Å²) in [5.74, 6) is -0.952. The van der Waals surface area contributed by atoms with Crippen LogP contribution in [-0.4, -0.2) is 49.2 Å². The van der Waals surface area contributed by atoms with Crippen molar-refractivity contribution in [3.05, 3.63) is 0 Å². The lowest BCUT2D eigenvalue weighted by atomic mass is 10.2. The first-order valence-corrected chi connectivity index (χ1v) is 7.55. The number of hydrogen-bond acceptors (Lipinski definition) is 7. The number of carbonyl (C=O) groups is 3. The van der Waals surface area contributed by atoms with Gasteiger partial charge in [-0.2, -0.15) is 10.3 Å². The Hall–Kier alpha value is -2.96. The Morgan fingerprint density at radius 2 is 1.92 bits per heavy atom. The minimum Gasteiger partial charge on any atom is -0.442 e. The summed E-state index contributed by atoms with van der Waals surface area (Å²) in [4.78, 5) is 42.2. The molecule has 0 aliphatic heterocycles. The lowest BCUT2D eigenvalue weighted by molar-refractivity contribution is -0.113. The Morgan fingerprint density at radius 1 is 1.24 bits per heavy atom. The van der Waals surface area contributed by atoms with E-state index in [-0.39, 0.29) is 0 Å². The van der Waals surface area contributed by atoms with Crippen LogP contribution in [0.3, 0.4) is 0 Å². The summed E-state index contributed by atoms with van der Waals surface area (Å²) in [6.07, 6.45) is 2.64. The first-order chi connectivity index (χ1) is 11.7. The van der Waals surface area contributed by atoms with Crippen molar-refractivity contribution in [2.24, 2.45) is 10.1 Å². The fourth-order valence-electron chi connectivity index (χ4n) is 1.40. The second-order valence-electron chi connectivity index (χ2n) is 5.73. The van der Waals surface area contributed by atoms with Crippen LogP contribution >= 0.6 is 0 Å². The van der Waals surface area contributed by atoms with Crippen LogP contribution in [0.4, 0.5) is 9.59 Å². The summed E-state index contributed by atoms with van der Waals surface area (Å²) in [7, 11) is 1.18. The quantitative estimate of drug-likeness (QED) is 0.403. The van der Waals surface area contributed by atoms with Crippen molar-refractivity contribution < 1.29 is 24.0 Å². The first-order valence-electron chi connectivity index (χ1n) is 7.55. The lowest BCUT2D eigenvalue weighted by Crippen LogP contribution is -2.42. The van der Waals surface area contributed by atoms with E-state index >= 15 is 0 Å². The van der Waals surface area contributed by atoms with Gasteiger partial charge in [-0.15, -0.1) is 0 Å². The summed E-state index contributed by atoms with van der Waals surface area (Å²) >= 11 is 0. The molecule has 0 spiro atoms. The van der Waals surface area contributed by atoms with Gasteiger partial charge >= 0.3 is 12.1 Å². The van der Waals surface area contributed by atoms with Crippen LogP contribution in [0, 0.1) is 11.3 Å². The monoisotopic (exact) mass is 353 g/mol. The van der Waals surface area contributed by atoms with Crippen molar-refractivity contribution in [3.63, 3.8) is 0 Å². The molecule has 138 valence electrons. The molecule has 0 radical (unpaired) electrons. The van der Waals surface area contributed by atoms with Crippen molar-refractivity contribution in [2.45, 2.75) is 45.6 Å². The first kappa shape index (κ1) is 22.0. The summed E-state index contributed by atoms with van der Waals surface area (Å²) in [6.45, 7) is 5.57. The van der Waals surface area contributed by atoms with Crippen LogP contribution in [0.2, 0.25) is 0 Å². The highest BCUT2D eigenvalue weighted by atomic mass is 16.6. The SMILES string of the molecule is CO/N=C(\C#N)C(=O)NC(=O)NCCCC/C=N/C(=O)OC(C)(C)C. The van der Waals surface area contributed by atoms with Gasteiger partial charge in [0.05, 0.1) is 0 Å². The predicted octanol–water partition coefficient (Wildman–Crippen LogP) is 1.51. The fraction of sp³-hybridized carbons (Fsp3) is 0.600. The molecule has 0 aliphatic rings. The Labute approximate surface area is 146 Å². The Balaban J connectivity index is 3.90. The van der Waals surface area contributed by atoms with Crippen LogP contribution in [0.1, 0.15) is 40.0 Å². The Morgan fingerprint density at radius 3 is 2.48 bits per heavy atom. The van der Waals surface area contributed by atoms with Crippen molar-refractivity contribution >= 4 is 30.0 Å². The van der Waals surface area contributed by atoms with Crippen molar-refractivity contribution in [1.82, 2.24) is 10.6 Å². The van der Waals surface area contributed by atoms with E-state index in [1.807, 2.05) is 5.32 Å². The molecule has 4 amide bonds. The van der Waals surface area contributed by atoms with E-state index in [0.717, 1.165) is 0 Å². The van der Waals surface area contributed by atoms with Gasteiger partial charge in [-0.3, -0.25) is 10.1 Å². The molecule has 0 aliphatic carbocycles. The third kappa shape index (κ3) is 12.2. The van der Waals surface area contributed by atoms with E-state index in [0.29, 0.717) is 25.8 Å². The van der Waals surface area contributed by atoms with Crippen molar-refractivity contribution in [1.29, 1.82) is 5.26 Å². The second-order valence-corrected chi connectivity index (χ2v) is 5.73. The molecule has 0 aromatic rings. The molecule has 0 aromatic heterocycles. The molecule has 0 heterocycles. The largest absolute Gasteiger partial charge is 0.442 e. The number of amides is 4. The van der Waals surface area contributed by atoms with Gasteiger partial charge < -0.3 is 14.9 Å². The molecule has 0 aromatic carbocycles. The number of unbranched alkanes of at least 4 members (excludes halogenated alkanes) is 2. The zero-order valence-electron chi connectivity index (χ0n) is 14.8. The maximum absolute atomic E-state index is 11.5. The second kappa shape index (κ2) is 11.6. The van der Waals surface area contributed by atoms with Crippen molar-refractivity contribution in [2.75, 3.05) is 13.7 Å². The smallest absolute Gasteiger partial charge is 0.433 e. The van der Waals surface area contributed by atoms with Gasteiger partial charge in [0, 0.05) is 12.8 Å². The third-order valence-corrected chi connectivity index (χ3v) is 2.37. The number of carbonyl (C=O) groups excluding carboxylic acids is 3. The molecule has 10 heteroatoms. The van der Waals surface area contributed by atoms with Crippen LogP contribution in [0.25, 0.3) is 0 Å². The highest BCUT2D eigenvalue weighted by Gasteiger charge is 2.15. The van der Waals surface area contributed by atoms with E-state index in [9.17, 15) is 14.4 Å². The van der Waals surface area contributed by atoms with E-state index in [1.54, 1.807) is 20.8 Å². The topological polar surface area (TPSA) is 142 Å². The van der Waals surface area contributed by atoms with Gasteiger partial charge in [-0.05, 0) is 40.0 Å². The molecule has 0 fully saturated rings. The summed E-state index contributed by atoms with van der Waals surface area (Å²) in [5, 5.41) is 16.2. The van der Waals surface area contributed by atoms with Gasteiger partial charge in [0.1, 0.15) is 18.8 Å². The molecule has 0 bridgehead atoms. The summed E-state index contributed by atoms with van der Waals surface area (Å²) in [6, 6.07) is 0.758. The van der Waals surface area contributed by atoms with E-state index in [2.05, 4.69) is 20.3 Å². The maximum atomic E-state index is 11.5. The van der Waals surface area contributed by atoms with Gasteiger partial charge in [-0.25, -0.2) is 9.59 Å². The molecular weight excluding hydrogens is 330 g/mol. The molecule has 0 unspecified atom stereocenters. The lowest BCUT2D eigenvalue weighted by Gasteiger charge is -2.17. The van der Waals surface area contributed by atoms with Gasteiger partial charge in [0.2, 0.25) is 5.71 Å². The Kier molecular flexibility index (Phi) is 10.2. The van der Waals surface area contributed by atoms with Crippen LogP contribution in [0.15, 0.2) is 10.1 Å². The van der Waals surface area contributed by atoms with Crippen molar-refractivity contribution in [3.8, 4) is 6.07 Å². The number of aliphatic imine (C=N–C) groups is 1. The van der Waals surface area contributed by atoms with E-state index in [4.69, 9.17) is 10.00 Å². The zero-order chi connectivity index (χ0) is 19.3. The molecule has 0 atom stereocenters. The number of rotatable bonds is 7. The number of nitrogens with one attached hydrogen (secondary N) is 2. The normalized spacial score (nSPS) is 11.6. The van der Waals surface area contributed by atoms with E-state index in [1.165, 1.54) is 19.4 Å². The minimum atomic E-state index is -0.952. The number of ether oxygens (including phenoxy) is 1. The predicted molar refractivity (Wildman–Crippen MR) is 90.2 cm³/mol. The molecule has 0 saturated heterocycles. The summed E-state index contributed by atoms with van der Waals surface area (Å²) < 4.78 is 5.00. The molecule has 10 nitrogen and oxygen atoms in total. The van der Waals surface area contributed by atoms with Crippen LogP contribution in [0.5, 0.6) is 0 Å². The third-order valence-electron chi connectivity index (χ3n) is 2.37. The molecule has 25 heavy (non-hydrogen) atoms.